The third kappa shape index (κ3) is 4.85. The predicted octanol–water partition coefficient (Wildman–Crippen LogP) is 4.66. The summed E-state index contributed by atoms with van der Waals surface area (Å²) in [5, 5.41) is 0. The number of hydrogen-bond donors (Lipinski definition) is 2. The first-order chi connectivity index (χ1) is 17.1. The standard InChI is InChI=1S/C27H31N5O3S/c1-17-4-14-22(15-5-17)36(33,34)32-21-12-10-19(11-13-21)18-6-8-20(9-7-18)24-27(2,3)35-26-23(31-24)25(28)29-16-30-26/h4-9,14-16,19,21,32H,10-13H2,1-3H3,(H2,28,29,30). The van der Waals surface area contributed by atoms with Gasteiger partial charge in [0, 0.05) is 11.6 Å². The fraction of sp³-hybridized carbons (Fsp3) is 0.370. The number of benzene rings is 2. The molecular formula is C27H31N5O3S. The Kier molecular flexibility index (Phi) is 6.30. The molecule has 1 aliphatic carbocycles. The van der Waals surface area contributed by atoms with Crippen LogP contribution in [0.3, 0.4) is 0 Å². The molecule has 36 heavy (non-hydrogen) atoms. The molecule has 2 aromatic carbocycles. The number of nitrogens with one attached hydrogen (secondary N) is 1. The van der Waals surface area contributed by atoms with Crippen LogP contribution in [0.4, 0.5) is 11.5 Å². The van der Waals surface area contributed by atoms with Crippen LogP contribution in [0.15, 0.2) is 64.7 Å². The van der Waals surface area contributed by atoms with E-state index in [4.69, 9.17) is 15.5 Å². The number of aromatic nitrogens is 2. The minimum atomic E-state index is -3.51. The summed E-state index contributed by atoms with van der Waals surface area (Å²) in [6.07, 6.45) is 4.85. The molecule has 0 saturated heterocycles. The van der Waals surface area contributed by atoms with Gasteiger partial charge in [0.05, 0.1) is 10.6 Å². The van der Waals surface area contributed by atoms with Crippen LogP contribution in [0.1, 0.15) is 62.1 Å². The van der Waals surface area contributed by atoms with E-state index in [0.29, 0.717) is 28.2 Å². The Morgan fingerprint density at radius 2 is 1.64 bits per heavy atom. The first-order valence-electron chi connectivity index (χ1n) is 12.2. The van der Waals surface area contributed by atoms with Gasteiger partial charge in [-0.25, -0.2) is 23.1 Å². The molecule has 188 valence electrons. The Morgan fingerprint density at radius 1 is 0.972 bits per heavy atom. The van der Waals surface area contributed by atoms with E-state index in [9.17, 15) is 8.42 Å². The van der Waals surface area contributed by atoms with Crippen LogP contribution >= 0.6 is 0 Å². The van der Waals surface area contributed by atoms with E-state index in [1.54, 1.807) is 12.1 Å². The molecule has 1 fully saturated rings. The van der Waals surface area contributed by atoms with Gasteiger partial charge in [-0.3, -0.25) is 0 Å². The third-order valence-corrected chi connectivity index (χ3v) is 8.53. The van der Waals surface area contributed by atoms with Gasteiger partial charge in [-0.1, -0.05) is 42.0 Å². The zero-order valence-corrected chi connectivity index (χ0v) is 21.5. The number of fused-ring (bicyclic) bond motifs is 1. The molecule has 2 aliphatic rings. The average Bonchev–Trinajstić information content (AvgIpc) is 2.84. The van der Waals surface area contributed by atoms with Crippen LogP contribution in [-0.2, 0) is 10.0 Å². The molecule has 0 amide bonds. The first-order valence-corrected chi connectivity index (χ1v) is 13.7. The summed E-state index contributed by atoms with van der Waals surface area (Å²) >= 11 is 0. The SMILES string of the molecule is Cc1ccc(S(=O)(=O)NC2CCC(c3ccc(C4=Nc5c(N)ncnc5OC4(C)C)cc3)CC2)cc1. The van der Waals surface area contributed by atoms with Crippen LogP contribution in [0.5, 0.6) is 5.88 Å². The summed E-state index contributed by atoms with van der Waals surface area (Å²) in [5.41, 5.74) is 9.81. The van der Waals surface area contributed by atoms with Crippen molar-refractivity contribution in [1.82, 2.24) is 14.7 Å². The Bertz CT molecular complexity index is 1390. The van der Waals surface area contributed by atoms with Gasteiger partial charge in [-0.05, 0) is 70.1 Å². The number of ether oxygens (including phenoxy) is 1. The molecule has 3 aromatic rings. The number of anilines is 1. The van der Waals surface area contributed by atoms with E-state index in [1.165, 1.54) is 11.9 Å². The van der Waals surface area contributed by atoms with Crippen molar-refractivity contribution in [1.29, 1.82) is 0 Å². The van der Waals surface area contributed by atoms with Crippen molar-refractivity contribution in [3.63, 3.8) is 0 Å². The zero-order valence-electron chi connectivity index (χ0n) is 20.7. The van der Waals surface area contributed by atoms with Crippen molar-refractivity contribution in [2.45, 2.75) is 68.9 Å². The summed E-state index contributed by atoms with van der Waals surface area (Å²) in [4.78, 5) is 13.3. The molecule has 1 aromatic heterocycles. The molecule has 1 saturated carbocycles. The molecule has 0 atom stereocenters. The Balaban J connectivity index is 1.26. The van der Waals surface area contributed by atoms with Crippen LogP contribution in [0.25, 0.3) is 0 Å². The van der Waals surface area contributed by atoms with Crippen molar-refractivity contribution < 1.29 is 13.2 Å². The maximum Gasteiger partial charge on any atom is 0.246 e. The third-order valence-electron chi connectivity index (χ3n) is 7.00. The second-order valence-electron chi connectivity index (χ2n) is 10.1. The fourth-order valence-electron chi connectivity index (χ4n) is 4.97. The van der Waals surface area contributed by atoms with Crippen molar-refractivity contribution in [3.05, 3.63) is 71.5 Å². The zero-order chi connectivity index (χ0) is 25.5. The molecule has 0 radical (unpaired) electrons. The molecule has 3 N–H and O–H groups in total. The summed E-state index contributed by atoms with van der Waals surface area (Å²) in [6.45, 7) is 5.86. The Morgan fingerprint density at radius 3 is 2.31 bits per heavy atom. The number of nitrogens with zero attached hydrogens (tertiary/aromatic N) is 3. The molecule has 8 nitrogen and oxygen atoms in total. The highest BCUT2D eigenvalue weighted by Gasteiger charge is 2.35. The van der Waals surface area contributed by atoms with E-state index in [-0.39, 0.29) is 6.04 Å². The van der Waals surface area contributed by atoms with Crippen molar-refractivity contribution >= 4 is 27.2 Å². The molecule has 0 unspecified atom stereocenters. The van der Waals surface area contributed by atoms with Gasteiger partial charge in [-0.2, -0.15) is 4.98 Å². The van der Waals surface area contributed by atoms with Crippen LogP contribution in [-0.4, -0.2) is 35.7 Å². The highest BCUT2D eigenvalue weighted by atomic mass is 32.2. The quantitative estimate of drug-likeness (QED) is 0.520. The van der Waals surface area contributed by atoms with Gasteiger partial charge in [0.1, 0.15) is 11.9 Å². The summed E-state index contributed by atoms with van der Waals surface area (Å²) in [7, 11) is -3.51. The second-order valence-corrected chi connectivity index (χ2v) is 11.8. The van der Waals surface area contributed by atoms with E-state index in [1.807, 2.05) is 32.9 Å². The smallest absolute Gasteiger partial charge is 0.246 e. The largest absolute Gasteiger partial charge is 0.463 e. The summed E-state index contributed by atoms with van der Waals surface area (Å²) in [6, 6.07) is 15.3. The normalized spacial score (nSPS) is 21.2. The molecule has 1 aliphatic heterocycles. The highest BCUT2D eigenvalue weighted by Crippen LogP contribution is 2.39. The minimum absolute atomic E-state index is 0.0471. The predicted molar refractivity (Wildman–Crippen MR) is 140 cm³/mol. The molecular weight excluding hydrogens is 474 g/mol. The summed E-state index contributed by atoms with van der Waals surface area (Å²) in [5.74, 6) is 1.07. The molecule has 0 spiro atoms. The van der Waals surface area contributed by atoms with Crippen LogP contribution in [0.2, 0.25) is 0 Å². The monoisotopic (exact) mass is 505 g/mol. The molecule has 9 heteroatoms. The highest BCUT2D eigenvalue weighted by molar-refractivity contribution is 7.89. The van der Waals surface area contributed by atoms with Gasteiger partial charge >= 0.3 is 0 Å². The van der Waals surface area contributed by atoms with Crippen molar-refractivity contribution in [2.24, 2.45) is 4.99 Å². The number of sulfonamides is 1. The number of hydrogen-bond acceptors (Lipinski definition) is 7. The lowest BCUT2D eigenvalue weighted by Gasteiger charge is -2.32. The lowest BCUT2D eigenvalue weighted by molar-refractivity contribution is 0.171. The Hall–Kier alpha value is -3.30. The number of aryl methyl sites for hydroxylation is 1. The van der Waals surface area contributed by atoms with E-state index >= 15 is 0 Å². The Labute approximate surface area is 212 Å². The maximum atomic E-state index is 12.8. The minimum Gasteiger partial charge on any atom is -0.463 e. The molecule has 5 rings (SSSR count). The van der Waals surface area contributed by atoms with Crippen LogP contribution < -0.4 is 15.2 Å². The fourth-order valence-corrected chi connectivity index (χ4v) is 6.27. The van der Waals surface area contributed by atoms with E-state index < -0.39 is 15.6 Å². The average molecular weight is 506 g/mol. The van der Waals surface area contributed by atoms with E-state index in [0.717, 1.165) is 42.5 Å². The molecule has 0 bridgehead atoms. The number of nitrogens with two attached hydrogens (primary N) is 1. The second kappa shape index (κ2) is 9.29. The topological polar surface area (TPSA) is 120 Å². The van der Waals surface area contributed by atoms with Gasteiger partial charge < -0.3 is 10.5 Å². The first kappa shape index (κ1) is 24.4. The lowest BCUT2D eigenvalue weighted by Crippen LogP contribution is -2.41. The number of nitrogen functional groups attached to an aromatic ring is 1. The van der Waals surface area contributed by atoms with Gasteiger partial charge in [-0.15, -0.1) is 0 Å². The van der Waals surface area contributed by atoms with E-state index in [2.05, 4.69) is 39.0 Å². The van der Waals surface area contributed by atoms with Gasteiger partial charge in [0.15, 0.2) is 11.5 Å². The van der Waals surface area contributed by atoms with Crippen molar-refractivity contribution in [3.8, 4) is 5.88 Å². The van der Waals surface area contributed by atoms with Gasteiger partial charge in [0.2, 0.25) is 15.9 Å². The lowest BCUT2D eigenvalue weighted by atomic mass is 9.81. The number of aliphatic imine (C=N–C) groups is 1. The van der Waals surface area contributed by atoms with Crippen molar-refractivity contribution in [2.75, 3.05) is 5.73 Å². The van der Waals surface area contributed by atoms with Crippen LogP contribution in [0, 0.1) is 6.92 Å². The van der Waals surface area contributed by atoms with Gasteiger partial charge in [0.25, 0.3) is 0 Å². The number of rotatable bonds is 5. The summed E-state index contributed by atoms with van der Waals surface area (Å²) < 4.78 is 34.5. The maximum absolute atomic E-state index is 12.8. The molecule has 2 heterocycles.